The van der Waals surface area contributed by atoms with Gasteiger partial charge in [0.2, 0.25) is 0 Å². The molecule has 1 aromatic rings. The van der Waals surface area contributed by atoms with Gasteiger partial charge in [0.1, 0.15) is 0 Å². The summed E-state index contributed by atoms with van der Waals surface area (Å²) in [6, 6.07) is 6.51. The van der Waals surface area contributed by atoms with Crippen LogP contribution in [-0.2, 0) is 7.05 Å². The first kappa shape index (κ1) is 9.02. The number of aryl methyl sites for hydroxylation is 1. The van der Waals surface area contributed by atoms with Crippen molar-refractivity contribution in [3.8, 4) is 12.1 Å². The highest BCUT2D eigenvalue weighted by Gasteiger charge is 2.08. The van der Waals surface area contributed by atoms with Gasteiger partial charge in [-0.2, -0.15) is 10.5 Å². The Morgan fingerprint density at radius 2 is 2.08 bits per heavy atom. The maximum Gasteiger partial charge on any atom is 0.250 e. The molecule has 4 nitrogen and oxygen atoms in total. The van der Waals surface area contributed by atoms with Crippen LogP contribution in [0, 0.1) is 22.7 Å². The predicted octanol–water partition coefficient (Wildman–Crippen LogP) is 0.516. The lowest BCUT2D eigenvalue weighted by molar-refractivity contribution is 0.849. The zero-order valence-electron chi connectivity index (χ0n) is 7.06. The molecule has 0 aromatic carbocycles. The molecule has 1 heterocycles. The molecule has 1 rings (SSSR count). The third kappa shape index (κ3) is 1.74. The first-order valence-corrected chi connectivity index (χ1v) is 3.65. The van der Waals surface area contributed by atoms with Crippen LogP contribution in [0.15, 0.2) is 23.1 Å². The Morgan fingerprint density at radius 1 is 1.46 bits per heavy atom. The zero-order valence-corrected chi connectivity index (χ0v) is 7.06. The monoisotopic (exact) mass is 173 g/mol. The minimum atomic E-state index is -0.853. The zero-order chi connectivity index (χ0) is 9.84. The molecular formula is C9H7N3O. The van der Waals surface area contributed by atoms with Gasteiger partial charge in [0.15, 0.2) is 5.92 Å². The number of pyridine rings is 1. The molecule has 0 fully saturated rings. The van der Waals surface area contributed by atoms with Gasteiger partial charge >= 0.3 is 0 Å². The molecule has 64 valence electrons. The van der Waals surface area contributed by atoms with Crippen molar-refractivity contribution >= 4 is 0 Å². The second-order valence-electron chi connectivity index (χ2n) is 2.60. The minimum Gasteiger partial charge on any atom is -0.319 e. The number of rotatable bonds is 1. The van der Waals surface area contributed by atoms with Gasteiger partial charge < -0.3 is 4.57 Å². The normalized spacial score (nSPS) is 9.23. The maximum absolute atomic E-state index is 11.1. The van der Waals surface area contributed by atoms with E-state index in [1.54, 1.807) is 31.4 Å². The second kappa shape index (κ2) is 3.55. The summed E-state index contributed by atoms with van der Waals surface area (Å²) in [6.45, 7) is 0. The van der Waals surface area contributed by atoms with E-state index >= 15 is 0 Å². The van der Waals surface area contributed by atoms with Crippen molar-refractivity contribution in [3.05, 3.63) is 34.2 Å². The van der Waals surface area contributed by atoms with Gasteiger partial charge in [-0.05, 0) is 11.6 Å². The summed E-state index contributed by atoms with van der Waals surface area (Å²) >= 11 is 0. The lowest BCUT2D eigenvalue weighted by Gasteiger charge is -2.00. The van der Waals surface area contributed by atoms with Gasteiger partial charge in [-0.1, -0.05) is 0 Å². The van der Waals surface area contributed by atoms with Crippen LogP contribution in [0.5, 0.6) is 0 Å². The SMILES string of the molecule is Cn1ccc(C(C#N)C#N)cc1=O. The lowest BCUT2D eigenvalue weighted by Crippen LogP contribution is -2.15. The van der Waals surface area contributed by atoms with Crippen LogP contribution in [0.1, 0.15) is 11.5 Å². The molecule has 4 heteroatoms. The fourth-order valence-electron chi connectivity index (χ4n) is 0.921. The average molecular weight is 173 g/mol. The Balaban J connectivity index is 3.21. The van der Waals surface area contributed by atoms with Crippen LogP contribution in [-0.4, -0.2) is 4.57 Å². The summed E-state index contributed by atoms with van der Waals surface area (Å²) < 4.78 is 1.38. The highest BCUT2D eigenvalue weighted by Crippen LogP contribution is 2.10. The molecule has 0 amide bonds. The van der Waals surface area contributed by atoms with Crippen LogP contribution in [0.3, 0.4) is 0 Å². The van der Waals surface area contributed by atoms with E-state index in [4.69, 9.17) is 10.5 Å². The Morgan fingerprint density at radius 3 is 2.54 bits per heavy atom. The van der Waals surface area contributed by atoms with E-state index < -0.39 is 5.92 Å². The van der Waals surface area contributed by atoms with E-state index in [0.717, 1.165) is 0 Å². The fraction of sp³-hybridized carbons (Fsp3) is 0.222. The van der Waals surface area contributed by atoms with Gasteiger partial charge in [-0.25, -0.2) is 0 Å². The van der Waals surface area contributed by atoms with Gasteiger partial charge in [-0.15, -0.1) is 0 Å². The molecule has 0 unspecified atom stereocenters. The molecule has 0 aliphatic carbocycles. The van der Waals surface area contributed by atoms with Crippen molar-refractivity contribution in [1.82, 2.24) is 4.57 Å². The lowest BCUT2D eigenvalue weighted by atomic mass is 10.0. The van der Waals surface area contributed by atoms with E-state index in [9.17, 15) is 4.79 Å². The van der Waals surface area contributed by atoms with Crippen LogP contribution in [0.25, 0.3) is 0 Å². The van der Waals surface area contributed by atoms with Gasteiger partial charge in [0.05, 0.1) is 12.1 Å². The molecular weight excluding hydrogens is 166 g/mol. The molecule has 0 saturated heterocycles. The van der Waals surface area contributed by atoms with Crippen molar-refractivity contribution < 1.29 is 0 Å². The molecule has 0 aliphatic rings. The molecule has 0 aliphatic heterocycles. The molecule has 0 bridgehead atoms. The summed E-state index contributed by atoms with van der Waals surface area (Å²) in [5.41, 5.74) is 0.237. The predicted molar refractivity (Wildman–Crippen MR) is 45.7 cm³/mol. The Kier molecular flexibility index (Phi) is 2.47. The summed E-state index contributed by atoms with van der Waals surface area (Å²) in [5.74, 6) is -0.853. The molecule has 0 spiro atoms. The van der Waals surface area contributed by atoms with Crippen molar-refractivity contribution in [1.29, 1.82) is 10.5 Å². The number of aromatic nitrogens is 1. The number of hydrogen-bond donors (Lipinski definition) is 0. The third-order valence-electron chi connectivity index (χ3n) is 1.72. The van der Waals surface area contributed by atoms with Crippen molar-refractivity contribution in [3.63, 3.8) is 0 Å². The van der Waals surface area contributed by atoms with Crippen LogP contribution >= 0.6 is 0 Å². The van der Waals surface area contributed by atoms with E-state index in [-0.39, 0.29) is 5.56 Å². The summed E-state index contributed by atoms with van der Waals surface area (Å²) in [5, 5.41) is 17.1. The maximum atomic E-state index is 11.1. The summed E-state index contributed by atoms with van der Waals surface area (Å²) in [6.07, 6.45) is 1.54. The molecule has 0 radical (unpaired) electrons. The number of hydrogen-bond acceptors (Lipinski definition) is 3. The quantitative estimate of drug-likeness (QED) is 0.621. The fourth-order valence-corrected chi connectivity index (χ4v) is 0.921. The van der Waals surface area contributed by atoms with Gasteiger partial charge in [-0.3, -0.25) is 4.79 Å². The first-order valence-electron chi connectivity index (χ1n) is 3.65. The molecule has 0 atom stereocenters. The number of nitrogens with zero attached hydrogens (tertiary/aromatic N) is 3. The Labute approximate surface area is 75.3 Å². The van der Waals surface area contributed by atoms with Crippen molar-refractivity contribution in [2.24, 2.45) is 7.05 Å². The largest absolute Gasteiger partial charge is 0.319 e. The van der Waals surface area contributed by atoms with Gasteiger partial charge in [0, 0.05) is 19.3 Å². The molecule has 0 N–H and O–H groups in total. The Hall–Kier alpha value is -2.07. The standard InChI is InChI=1S/C9H7N3O/c1-12-3-2-7(4-9(12)13)8(5-10)6-11/h2-4,8H,1H3. The highest BCUT2D eigenvalue weighted by atomic mass is 16.1. The van der Waals surface area contributed by atoms with Gasteiger partial charge in [0.25, 0.3) is 5.56 Å². The summed E-state index contributed by atoms with van der Waals surface area (Å²) in [7, 11) is 1.61. The van der Waals surface area contributed by atoms with Crippen LogP contribution in [0.2, 0.25) is 0 Å². The van der Waals surface area contributed by atoms with Crippen molar-refractivity contribution in [2.45, 2.75) is 5.92 Å². The third-order valence-corrected chi connectivity index (χ3v) is 1.72. The second-order valence-corrected chi connectivity index (χ2v) is 2.60. The molecule has 1 aromatic heterocycles. The van der Waals surface area contributed by atoms with Crippen molar-refractivity contribution in [2.75, 3.05) is 0 Å². The van der Waals surface area contributed by atoms with Crippen LogP contribution in [0.4, 0.5) is 0 Å². The van der Waals surface area contributed by atoms with E-state index in [1.807, 2.05) is 0 Å². The number of nitriles is 2. The highest BCUT2D eigenvalue weighted by molar-refractivity contribution is 5.29. The van der Waals surface area contributed by atoms with E-state index in [0.29, 0.717) is 5.56 Å². The molecule has 0 saturated carbocycles. The van der Waals surface area contributed by atoms with E-state index in [2.05, 4.69) is 0 Å². The molecule has 13 heavy (non-hydrogen) atoms. The minimum absolute atomic E-state index is 0.215. The smallest absolute Gasteiger partial charge is 0.250 e. The average Bonchev–Trinajstić information content (AvgIpc) is 2.13. The van der Waals surface area contributed by atoms with Crippen LogP contribution < -0.4 is 5.56 Å². The topological polar surface area (TPSA) is 69.6 Å². The Bertz CT molecular complexity index is 433. The summed E-state index contributed by atoms with van der Waals surface area (Å²) in [4.78, 5) is 11.1. The van der Waals surface area contributed by atoms with E-state index in [1.165, 1.54) is 10.6 Å². The first-order chi connectivity index (χ1) is 6.19.